The van der Waals surface area contributed by atoms with E-state index in [4.69, 9.17) is 29.4 Å². The lowest BCUT2D eigenvalue weighted by Crippen LogP contribution is -2.37. The third-order valence-electron chi connectivity index (χ3n) is 6.16. The zero-order valence-corrected chi connectivity index (χ0v) is 20.0. The van der Waals surface area contributed by atoms with Gasteiger partial charge in [-0.15, -0.1) is 0 Å². The van der Waals surface area contributed by atoms with E-state index in [0.29, 0.717) is 30.6 Å². The summed E-state index contributed by atoms with van der Waals surface area (Å²) in [4.78, 5) is 30.5. The van der Waals surface area contributed by atoms with Crippen LogP contribution in [-0.4, -0.2) is 67.9 Å². The Labute approximate surface area is 207 Å². The van der Waals surface area contributed by atoms with Crippen LogP contribution in [0.15, 0.2) is 61.1 Å². The molecule has 0 bridgehead atoms. The number of hydrogen-bond acceptors (Lipinski definition) is 9. The van der Waals surface area contributed by atoms with Gasteiger partial charge in [-0.05, 0) is 30.3 Å². The van der Waals surface area contributed by atoms with Crippen molar-refractivity contribution in [1.29, 1.82) is 0 Å². The SMILES string of the molecule is COc1cccc(-c2nccc(-c3nc(N4CCOCC4)c4nc(-c5ccncc5)n(C)c4n3)n2)c1. The summed E-state index contributed by atoms with van der Waals surface area (Å²) in [6, 6.07) is 13.4. The van der Waals surface area contributed by atoms with Gasteiger partial charge < -0.3 is 18.9 Å². The van der Waals surface area contributed by atoms with Crippen molar-refractivity contribution >= 4 is 17.0 Å². The molecule has 0 atom stereocenters. The monoisotopic (exact) mass is 480 g/mol. The third kappa shape index (κ3) is 4.01. The number of imidazole rings is 1. The maximum absolute atomic E-state index is 5.58. The van der Waals surface area contributed by atoms with E-state index in [2.05, 4.69) is 14.9 Å². The van der Waals surface area contributed by atoms with E-state index in [1.165, 1.54) is 0 Å². The maximum atomic E-state index is 5.58. The lowest BCUT2D eigenvalue weighted by atomic mass is 10.2. The number of aryl methyl sites for hydroxylation is 1. The minimum absolute atomic E-state index is 0.514. The second-order valence-corrected chi connectivity index (χ2v) is 8.37. The minimum atomic E-state index is 0.514. The third-order valence-corrected chi connectivity index (χ3v) is 6.16. The number of benzene rings is 1. The first-order chi connectivity index (χ1) is 17.7. The fourth-order valence-corrected chi connectivity index (χ4v) is 4.30. The van der Waals surface area contributed by atoms with Gasteiger partial charge in [0.25, 0.3) is 0 Å². The van der Waals surface area contributed by atoms with E-state index in [1.54, 1.807) is 25.7 Å². The van der Waals surface area contributed by atoms with E-state index >= 15 is 0 Å². The number of fused-ring (bicyclic) bond motifs is 1. The molecule has 0 spiro atoms. The van der Waals surface area contributed by atoms with Crippen molar-refractivity contribution in [2.45, 2.75) is 0 Å². The molecule has 1 aliphatic rings. The first-order valence-corrected chi connectivity index (χ1v) is 11.7. The zero-order chi connectivity index (χ0) is 24.5. The van der Waals surface area contributed by atoms with Crippen LogP contribution in [0.3, 0.4) is 0 Å². The van der Waals surface area contributed by atoms with Crippen LogP contribution in [0.4, 0.5) is 5.82 Å². The highest BCUT2D eigenvalue weighted by Gasteiger charge is 2.23. The number of morpholine rings is 1. The molecule has 5 aromatic rings. The maximum Gasteiger partial charge on any atom is 0.182 e. The molecule has 0 amide bonds. The summed E-state index contributed by atoms with van der Waals surface area (Å²) in [6.45, 7) is 2.73. The zero-order valence-electron chi connectivity index (χ0n) is 20.0. The fourth-order valence-electron chi connectivity index (χ4n) is 4.30. The van der Waals surface area contributed by atoms with E-state index in [9.17, 15) is 0 Å². The Hall–Kier alpha value is -4.44. The van der Waals surface area contributed by atoms with Crippen LogP contribution in [0.2, 0.25) is 0 Å². The van der Waals surface area contributed by atoms with Crippen molar-refractivity contribution in [3.8, 4) is 40.0 Å². The number of methoxy groups -OCH3 is 1. The second-order valence-electron chi connectivity index (χ2n) is 8.37. The molecule has 10 nitrogen and oxygen atoms in total. The second kappa shape index (κ2) is 9.31. The van der Waals surface area contributed by atoms with Gasteiger partial charge in [0.15, 0.2) is 28.6 Å². The van der Waals surface area contributed by atoms with E-state index in [1.807, 2.05) is 54.1 Å². The van der Waals surface area contributed by atoms with Crippen LogP contribution in [-0.2, 0) is 11.8 Å². The van der Waals surface area contributed by atoms with Gasteiger partial charge in [-0.25, -0.2) is 24.9 Å². The van der Waals surface area contributed by atoms with E-state index in [0.717, 1.165) is 52.8 Å². The van der Waals surface area contributed by atoms with Crippen LogP contribution >= 0.6 is 0 Å². The van der Waals surface area contributed by atoms with Crippen LogP contribution < -0.4 is 9.64 Å². The van der Waals surface area contributed by atoms with Gasteiger partial charge in [0, 0.05) is 49.9 Å². The van der Waals surface area contributed by atoms with Crippen molar-refractivity contribution in [3.05, 3.63) is 61.1 Å². The smallest absolute Gasteiger partial charge is 0.182 e. The van der Waals surface area contributed by atoms with Crippen molar-refractivity contribution in [1.82, 2.24) is 34.5 Å². The van der Waals surface area contributed by atoms with Gasteiger partial charge in [0.1, 0.15) is 17.3 Å². The average molecular weight is 481 g/mol. The number of anilines is 1. The number of pyridine rings is 1. The number of rotatable bonds is 5. The molecule has 4 aromatic heterocycles. The van der Waals surface area contributed by atoms with Crippen LogP contribution in [0.5, 0.6) is 5.75 Å². The van der Waals surface area contributed by atoms with Gasteiger partial charge >= 0.3 is 0 Å². The highest BCUT2D eigenvalue weighted by atomic mass is 16.5. The summed E-state index contributed by atoms with van der Waals surface area (Å²) < 4.78 is 12.9. The van der Waals surface area contributed by atoms with E-state index < -0.39 is 0 Å². The first kappa shape index (κ1) is 22.1. The van der Waals surface area contributed by atoms with Gasteiger partial charge in [0.05, 0.1) is 20.3 Å². The van der Waals surface area contributed by atoms with Gasteiger partial charge in [0.2, 0.25) is 0 Å². The van der Waals surface area contributed by atoms with E-state index in [-0.39, 0.29) is 0 Å². The predicted octanol–water partition coefficient (Wildman–Crippen LogP) is 3.39. The number of ether oxygens (including phenoxy) is 2. The Morgan fingerprint density at radius 3 is 2.50 bits per heavy atom. The molecule has 180 valence electrons. The summed E-state index contributed by atoms with van der Waals surface area (Å²) in [5.74, 6) is 3.40. The van der Waals surface area contributed by atoms with Gasteiger partial charge in [-0.1, -0.05) is 12.1 Å². The molecule has 6 rings (SSSR count). The molecule has 36 heavy (non-hydrogen) atoms. The molecule has 10 heteroatoms. The summed E-state index contributed by atoms with van der Waals surface area (Å²) in [7, 11) is 3.60. The molecule has 1 saturated heterocycles. The molecular weight excluding hydrogens is 456 g/mol. The lowest BCUT2D eigenvalue weighted by molar-refractivity contribution is 0.122. The van der Waals surface area contributed by atoms with Crippen LogP contribution in [0.25, 0.3) is 45.5 Å². The summed E-state index contributed by atoms with van der Waals surface area (Å²) >= 11 is 0. The molecular formula is C26H24N8O2. The molecule has 0 N–H and O–H groups in total. The normalized spacial score (nSPS) is 13.8. The molecule has 0 aliphatic carbocycles. The number of hydrogen-bond donors (Lipinski definition) is 0. The van der Waals surface area contributed by atoms with Crippen molar-refractivity contribution in [2.75, 3.05) is 38.3 Å². The van der Waals surface area contributed by atoms with Crippen molar-refractivity contribution in [3.63, 3.8) is 0 Å². The fraction of sp³-hybridized carbons (Fsp3) is 0.231. The number of aromatic nitrogens is 7. The van der Waals surface area contributed by atoms with Gasteiger partial charge in [-0.3, -0.25) is 4.98 Å². The Morgan fingerprint density at radius 2 is 1.69 bits per heavy atom. The predicted molar refractivity (Wildman–Crippen MR) is 136 cm³/mol. The Kier molecular flexibility index (Phi) is 5.70. The molecule has 0 radical (unpaired) electrons. The minimum Gasteiger partial charge on any atom is -0.497 e. The quantitative estimate of drug-likeness (QED) is 0.374. The molecule has 5 heterocycles. The Balaban J connectivity index is 1.51. The molecule has 0 unspecified atom stereocenters. The van der Waals surface area contributed by atoms with Crippen LogP contribution in [0, 0.1) is 0 Å². The highest BCUT2D eigenvalue weighted by Crippen LogP contribution is 2.31. The van der Waals surface area contributed by atoms with Gasteiger partial charge in [-0.2, -0.15) is 0 Å². The Bertz CT molecular complexity index is 1530. The number of nitrogens with zero attached hydrogens (tertiary/aromatic N) is 8. The average Bonchev–Trinajstić information content (AvgIpc) is 3.29. The Morgan fingerprint density at radius 1 is 0.861 bits per heavy atom. The first-order valence-electron chi connectivity index (χ1n) is 11.7. The lowest BCUT2D eigenvalue weighted by Gasteiger charge is -2.28. The molecule has 1 aliphatic heterocycles. The van der Waals surface area contributed by atoms with Crippen molar-refractivity contribution < 1.29 is 9.47 Å². The summed E-state index contributed by atoms with van der Waals surface area (Å²) in [5, 5.41) is 0. The molecule has 0 saturated carbocycles. The summed E-state index contributed by atoms with van der Waals surface area (Å²) in [5.41, 5.74) is 3.92. The molecule has 1 aromatic carbocycles. The highest BCUT2D eigenvalue weighted by molar-refractivity contribution is 5.88. The van der Waals surface area contributed by atoms with Crippen molar-refractivity contribution in [2.24, 2.45) is 7.05 Å². The van der Waals surface area contributed by atoms with Crippen LogP contribution in [0.1, 0.15) is 0 Å². The molecule has 1 fully saturated rings. The largest absolute Gasteiger partial charge is 0.497 e. The summed E-state index contributed by atoms with van der Waals surface area (Å²) in [6.07, 6.45) is 5.25. The standard InChI is InChI=1S/C26H24N8O2/c1-33-24(17-6-9-27-10-7-17)30-21-25(33)31-23(32-26(21)34-12-14-36-15-13-34)20-8-11-28-22(29-20)18-4-3-5-19(16-18)35-2/h3-11,16H,12-15H2,1-2H3. The topological polar surface area (TPSA) is 104 Å².